The monoisotopic (exact) mass is 396 g/mol. The molecule has 0 aliphatic rings. The van der Waals surface area contributed by atoms with Gasteiger partial charge in [0.2, 0.25) is 5.95 Å². The molecule has 146 valence electrons. The van der Waals surface area contributed by atoms with Crippen molar-refractivity contribution < 1.29 is 4.74 Å². The van der Waals surface area contributed by atoms with E-state index in [9.17, 15) is 0 Å². The molecule has 1 aromatic heterocycles. The van der Waals surface area contributed by atoms with Crippen LogP contribution in [0.1, 0.15) is 25.1 Å². The van der Waals surface area contributed by atoms with Gasteiger partial charge in [0, 0.05) is 31.2 Å². The first kappa shape index (κ1) is 20.0. The van der Waals surface area contributed by atoms with Gasteiger partial charge in [0.25, 0.3) is 0 Å². The lowest BCUT2D eigenvalue weighted by Gasteiger charge is -2.16. The van der Waals surface area contributed by atoms with Gasteiger partial charge in [0.15, 0.2) is 0 Å². The molecule has 1 heterocycles. The molecule has 5 nitrogen and oxygen atoms in total. The molecule has 3 rings (SSSR count). The first-order chi connectivity index (χ1) is 13.4. The molecule has 0 aliphatic heterocycles. The number of halogens is 1. The Hall–Kier alpha value is -2.79. The van der Waals surface area contributed by atoms with Crippen LogP contribution in [0.4, 0.5) is 17.3 Å². The van der Waals surface area contributed by atoms with Crippen LogP contribution in [0, 0.1) is 0 Å². The maximum absolute atomic E-state index is 6.01. The number of nitrogens with one attached hydrogen (secondary N) is 1. The van der Waals surface area contributed by atoms with E-state index in [0.717, 1.165) is 33.4 Å². The molecule has 3 aromatic rings. The molecule has 0 atom stereocenters. The Bertz CT molecular complexity index is 909. The topological polar surface area (TPSA) is 50.3 Å². The Kier molecular flexibility index (Phi) is 6.37. The highest BCUT2D eigenvalue weighted by molar-refractivity contribution is 6.30. The van der Waals surface area contributed by atoms with Crippen LogP contribution < -0.4 is 15.0 Å². The third-order valence-corrected chi connectivity index (χ3v) is 4.30. The number of aromatic nitrogens is 2. The summed E-state index contributed by atoms with van der Waals surface area (Å²) in [7, 11) is 3.86. The predicted molar refractivity (Wildman–Crippen MR) is 116 cm³/mol. The lowest BCUT2D eigenvalue weighted by molar-refractivity contribution is 0.242. The van der Waals surface area contributed by atoms with Crippen molar-refractivity contribution in [2.75, 3.05) is 24.3 Å². The fraction of sp³-hybridized carbons (Fsp3) is 0.273. The van der Waals surface area contributed by atoms with Crippen molar-refractivity contribution in [1.82, 2.24) is 9.97 Å². The van der Waals surface area contributed by atoms with Crippen LogP contribution in [0.5, 0.6) is 5.75 Å². The lowest BCUT2D eigenvalue weighted by atomic mass is 10.1. The highest BCUT2D eigenvalue weighted by Gasteiger charge is 2.11. The molecule has 0 bridgehead atoms. The van der Waals surface area contributed by atoms with Gasteiger partial charge in [0.05, 0.1) is 23.7 Å². The molecular formula is C22H25ClN4O. The zero-order valence-electron chi connectivity index (χ0n) is 16.6. The number of nitrogens with zero attached hydrogens (tertiary/aromatic N) is 3. The third-order valence-electron chi connectivity index (χ3n) is 4.04. The van der Waals surface area contributed by atoms with E-state index in [1.165, 1.54) is 0 Å². The van der Waals surface area contributed by atoms with Gasteiger partial charge in [-0.15, -0.1) is 0 Å². The Morgan fingerprint density at radius 3 is 2.32 bits per heavy atom. The summed E-state index contributed by atoms with van der Waals surface area (Å²) in [6.45, 7) is 4.03. The first-order valence-electron chi connectivity index (χ1n) is 9.22. The number of anilines is 3. The minimum absolute atomic E-state index is 0.150. The molecule has 0 radical (unpaired) electrons. The summed E-state index contributed by atoms with van der Waals surface area (Å²) in [6, 6.07) is 15.7. The van der Waals surface area contributed by atoms with Gasteiger partial charge in [-0.25, -0.2) is 9.97 Å². The Balaban J connectivity index is 1.85. The molecule has 0 aliphatic carbocycles. The zero-order chi connectivity index (χ0) is 20.1. The molecule has 0 unspecified atom stereocenters. The fourth-order valence-electron chi connectivity index (χ4n) is 2.70. The number of benzene rings is 2. The minimum atomic E-state index is 0.150. The number of ether oxygens (including phenoxy) is 1. The van der Waals surface area contributed by atoms with E-state index in [1.54, 1.807) is 0 Å². The summed E-state index contributed by atoms with van der Waals surface area (Å²) in [4.78, 5) is 11.1. The van der Waals surface area contributed by atoms with Crippen LogP contribution in [-0.4, -0.2) is 30.2 Å². The van der Waals surface area contributed by atoms with Gasteiger partial charge in [-0.2, -0.15) is 0 Å². The standard InChI is InChI=1S/C22H25ClN4O/c1-15(2)28-19-11-9-18(10-12-19)25-21-14-24-22(27(3)4)26-20(21)13-16-5-7-17(23)8-6-16/h5-12,14-15,25H,13H2,1-4H3. The van der Waals surface area contributed by atoms with E-state index in [4.69, 9.17) is 21.3 Å². The molecule has 6 heteroatoms. The van der Waals surface area contributed by atoms with Crippen LogP contribution in [0.15, 0.2) is 54.7 Å². The second kappa shape index (κ2) is 8.93. The summed E-state index contributed by atoms with van der Waals surface area (Å²) in [6.07, 6.45) is 2.65. The number of rotatable bonds is 7. The average Bonchev–Trinajstić information content (AvgIpc) is 2.66. The zero-order valence-corrected chi connectivity index (χ0v) is 17.4. The van der Waals surface area contributed by atoms with Gasteiger partial charge in [-0.3, -0.25) is 0 Å². The van der Waals surface area contributed by atoms with E-state index in [-0.39, 0.29) is 6.10 Å². The molecule has 0 saturated heterocycles. The lowest BCUT2D eigenvalue weighted by Crippen LogP contribution is -2.14. The highest BCUT2D eigenvalue weighted by atomic mass is 35.5. The summed E-state index contributed by atoms with van der Waals surface area (Å²) in [5.74, 6) is 1.52. The normalized spacial score (nSPS) is 10.8. The largest absolute Gasteiger partial charge is 0.491 e. The van der Waals surface area contributed by atoms with Crippen molar-refractivity contribution in [1.29, 1.82) is 0 Å². The quantitative estimate of drug-likeness (QED) is 0.585. The van der Waals surface area contributed by atoms with Gasteiger partial charge >= 0.3 is 0 Å². The molecular weight excluding hydrogens is 372 g/mol. The number of hydrogen-bond acceptors (Lipinski definition) is 5. The minimum Gasteiger partial charge on any atom is -0.491 e. The molecule has 1 N–H and O–H groups in total. The summed E-state index contributed by atoms with van der Waals surface area (Å²) in [5.41, 5.74) is 3.88. The van der Waals surface area contributed by atoms with Crippen molar-refractivity contribution >= 4 is 28.9 Å². The molecule has 2 aromatic carbocycles. The number of hydrogen-bond donors (Lipinski definition) is 1. The van der Waals surface area contributed by atoms with E-state index < -0.39 is 0 Å². The van der Waals surface area contributed by atoms with Crippen molar-refractivity contribution in [3.8, 4) is 5.75 Å². The Morgan fingerprint density at radius 1 is 1.04 bits per heavy atom. The molecule has 0 spiro atoms. The van der Waals surface area contributed by atoms with Crippen LogP contribution >= 0.6 is 11.6 Å². The molecule has 0 saturated carbocycles. The van der Waals surface area contributed by atoms with Crippen LogP contribution in [0.3, 0.4) is 0 Å². The SMILES string of the molecule is CC(C)Oc1ccc(Nc2cnc(N(C)C)nc2Cc2ccc(Cl)cc2)cc1. The predicted octanol–water partition coefficient (Wildman–Crippen LogP) is 5.32. The van der Waals surface area contributed by atoms with Crippen molar-refractivity contribution in [2.24, 2.45) is 0 Å². The summed E-state index contributed by atoms with van der Waals surface area (Å²) < 4.78 is 5.71. The highest BCUT2D eigenvalue weighted by Crippen LogP contribution is 2.25. The molecule has 0 amide bonds. The smallest absolute Gasteiger partial charge is 0.225 e. The Morgan fingerprint density at radius 2 is 1.71 bits per heavy atom. The first-order valence-corrected chi connectivity index (χ1v) is 9.60. The van der Waals surface area contributed by atoms with Crippen LogP contribution in [-0.2, 0) is 6.42 Å². The Labute approximate surface area is 171 Å². The molecule has 0 fully saturated rings. The summed E-state index contributed by atoms with van der Waals surface area (Å²) in [5, 5.41) is 4.15. The van der Waals surface area contributed by atoms with Gasteiger partial charge in [-0.05, 0) is 55.8 Å². The second-order valence-electron chi connectivity index (χ2n) is 7.04. The third kappa shape index (κ3) is 5.36. The average molecular weight is 397 g/mol. The van der Waals surface area contributed by atoms with Crippen molar-refractivity contribution in [2.45, 2.75) is 26.4 Å². The summed E-state index contributed by atoms with van der Waals surface area (Å²) >= 11 is 6.01. The van der Waals surface area contributed by atoms with E-state index >= 15 is 0 Å². The van der Waals surface area contributed by atoms with E-state index in [1.807, 2.05) is 87.6 Å². The van der Waals surface area contributed by atoms with Gasteiger partial charge < -0.3 is 15.0 Å². The fourth-order valence-corrected chi connectivity index (χ4v) is 2.83. The van der Waals surface area contributed by atoms with Crippen molar-refractivity contribution in [3.63, 3.8) is 0 Å². The second-order valence-corrected chi connectivity index (χ2v) is 7.48. The van der Waals surface area contributed by atoms with Crippen LogP contribution in [0.2, 0.25) is 5.02 Å². The van der Waals surface area contributed by atoms with E-state index in [2.05, 4.69) is 10.3 Å². The van der Waals surface area contributed by atoms with Gasteiger partial charge in [-0.1, -0.05) is 23.7 Å². The molecule has 28 heavy (non-hydrogen) atoms. The van der Waals surface area contributed by atoms with Crippen molar-refractivity contribution in [3.05, 3.63) is 71.0 Å². The maximum atomic E-state index is 6.01. The van der Waals surface area contributed by atoms with E-state index in [0.29, 0.717) is 12.4 Å². The maximum Gasteiger partial charge on any atom is 0.225 e. The van der Waals surface area contributed by atoms with Gasteiger partial charge in [0.1, 0.15) is 5.75 Å². The van der Waals surface area contributed by atoms with Crippen LogP contribution in [0.25, 0.3) is 0 Å².